The van der Waals surface area contributed by atoms with E-state index in [9.17, 15) is 9.59 Å². The Morgan fingerprint density at radius 1 is 1.28 bits per heavy atom. The van der Waals surface area contributed by atoms with Crippen molar-refractivity contribution in [2.45, 2.75) is 19.3 Å². The number of primary amides is 1. The summed E-state index contributed by atoms with van der Waals surface area (Å²) in [5, 5.41) is 2.76. The zero-order valence-electron chi connectivity index (χ0n) is 9.91. The number of hydrogen-bond acceptors (Lipinski definition) is 3. The molecule has 0 aliphatic rings. The lowest BCUT2D eigenvalue weighted by Crippen LogP contribution is -2.25. The predicted octanol–water partition coefficient (Wildman–Crippen LogP) is 1.42. The van der Waals surface area contributed by atoms with Crippen molar-refractivity contribution in [1.82, 2.24) is 5.32 Å². The van der Waals surface area contributed by atoms with Crippen molar-refractivity contribution in [3.05, 3.63) is 28.2 Å². The smallest absolute Gasteiger partial charge is 0.252 e. The summed E-state index contributed by atoms with van der Waals surface area (Å²) in [5.74, 6) is -0.506. The van der Waals surface area contributed by atoms with E-state index in [1.807, 2.05) is 0 Å². The van der Waals surface area contributed by atoms with Crippen molar-refractivity contribution in [3.8, 4) is 0 Å². The molecule has 0 saturated heterocycles. The Bertz CT molecular complexity index is 449. The fourth-order valence-corrected chi connectivity index (χ4v) is 1.86. The molecule has 0 atom stereocenters. The Morgan fingerprint density at radius 3 is 2.67 bits per heavy atom. The number of carbonyl (C=O) groups excluding carboxylic acids is 2. The topological polar surface area (TPSA) is 98.2 Å². The van der Waals surface area contributed by atoms with Crippen LogP contribution >= 0.6 is 15.9 Å². The van der Waals surface area contributed by atoms with Gasteiger partial charge in [0.15, 0.2) is 0 Å². The van der Waals surface area contributed by atoms with E-state index < -0.39 is 0 Å². The highest BCUT2D eigenvalue weighted by atomic mass is 79.9. The molecule has 0 bridgehead atoms. The van der Waals surface area contributed by atoms with Gasteiger partial charge < -0.3 is 16.8 Å². The van der Waals surface area contributed by atoms with Crippen LogP contribution in [0.1, 0.15) is 29.6 Å². The number of rotatable bonds is 6. The van der Waals surface area contributed by atoms with Gasteiger partial charge in [0.1, 0.15) is 0 Å². The molecule has 98 valence electrons. The molecular weight excluding hydrogens is 298 g/mol. The van der Waals surface area contributed by atoms with Crippen LogP contribution in [-0.2, 0) is 4.79 Å². The molecule has 1 aromatic carbocycles. The summed E-state index contributed by atoms with van der Waals surface area (Å²) in [6.07, 6.45) is 1.74. The number of anilines is 1. The lowest BCUT2D eigenvalue weighted by Gasteiger charge is -2.07. The maximum Gasteiger partial charge on any atom is 0.252 e. The van der Waals surface area contributed by atoms with Crippen molar-refractivity contribution in [3.63, 3.8) is 0 Å². The average Bonchev–Trinajstić information content (AvgIpc) is 2.31. The van der Waals surface area contributed by atoms with E-state index in [0.29, 0.717) is 41.5 Å². The molecule has 0 radical (unpaired) electrons. The number of nitrogens with two attached hydrogens (primary N) is 2. The summed E-state index contributed by atoms with van der Waals surface area (Å²) in [6, 6.07) is 5.06. The minimum Gasteiger partial charge on any atom is -0.399 e. The Balaban J connectivity index is 2.41. The van der Waals surface area contributed by atoms with Crippen LogP contribution < -0.4 is 16.8 Å². The minimum atomic E-state index is -0.320. The van der Waals surface area contributed by atoms with Crippen LogP contribution in [0.15, 0.2) is 22.7 Å². The summed E-state index contributed by atoms with van der Waals surface area (Å²) in [6.45, 7) is 0.507. The normalized spacial score (nSPS) is 10.1. The molecular formula is C12H16BrN3O2. The van der Waals surface area contributed by atoms with Crippen LogP contribution in [0.5, 0.6) is 0 Å². The summed E-state index contributed by atoms with van der Waals surface area (Å²) in [5.41, 5.74) is 11.7. The molecule has 0 heterocycles. The Hall–Kier alpha value is -1.56. The molecule has 0 saturated carbocycles. The van der Waals surface area contributed by atoms with Crippen molar-refractivity contribution < 1.29 is 9.59 Å². The van der Waals surface area contributed by atoms with Crippen molar-refractivity contribution in [2.24, 2.45) is 5.73 Å². The van der Waals surface area contributed by atoms with E-state index in [1.54, 1.807) is 18.2 Å². The summed E-state index contributed by atoms with van der Waals surface area (Å²) >= 11 is 3.30. The molecule has 5 N–H and O–H groups in total. The van der Waals surface area contributed by atoms with Crippen LogP contribution in [0.2, 0.25) is 0 Å². The number of benzene rings is 1. The average molecular weight is 314 g/mol. The Labute approximate surface area is 114 Å². The van der Waals surface area contributed by atoms with Crippen LogP contribution in [0.4, 0.5) is 5.69 Å². The first kappa shape index (κ1) is 14.5. The Morgan fingerprint density at radius 2 is 2.00 bits per heavy atom. The van der Waals surface area contributed by atoms with Gasteiger partial charge in [-0.05, 0) is 47.0 Å². The molecule has 0 aliphatic carbocycles. The number of unbranched alkanes of at least 4 members (excludes halogenated alkanes) is 1. The first-order valence-corrected chi connectivity index (χ1v) is 6.41. The standard InChI is InChI=1S/C12H16BrN3O2/c13-10-5-4-8(14)7-9(10)12(18)16-6-2-1-3-11(15)17/h4-5,7H,1-3,6,14H2,(H2,15,17)(H,16,18). The summed E-state index contributed by atoms with van der Waals surface area (Å²) in [7, 11) is 0. The molecule has 5 nitrogen and oxygen atoms in total. The fourth-order valence-electron chi connectivity index (χ4n) is 1.44. The SMILES string of the molecule is NC(=O)CCCCNC(=O)c1cc(N)ccc1Br. The highest BCUT2D eigenvalue weighted by Gasteiger charge is 2.09. The molecule has 0 unspecified atom stereocenters. The third-order valence-corrected chi connectivity index (χ3v) is 3.06. The van der Waals surface area contributed by atoms with Crippen LogP contribution in [0.25, 0.3) is 0 Å². The van der Waals surface area contributed by atoms with E-state index in [0.717, 1.165) is 0 Å². The lowest BCUT2D eigenvalue weighted by atomic mass is 10.2. The lowest BCUT2D eigenvalue weighted by molar-refractivity contribution is -0.118. The van der Waals surface area contributed by atoms with Gasteiger partial charge in [-0.15, -0.1) is 0 Å². The van der Waals surface area contributed by atoms with Crippen LogP contribution in [-0.4, -0.2) is 18.4 Å². The van der Waals surface area contributed by atoms with Crippen molar-refractivity contribution in [1.29, 1.82) is 0 Å². The van der Waals surface area contributed by atoms with Gasteiger partial charge in [0.05, 0.1) is 5.56 Å². The first-order chi connectivity index (χ1) is 8.50. The van der Waals surface area contributed by atoms with Gasteiger partial charge in [-0.2, -0.15) is 0 Å². The maximum absolute atomic E-state index is 11.8. The molecule has 6 heteroatoms. The second-order valence-corrected chi connectivity index (χ2v) is 4.77. The number of amides is 2. The fraction of sp³-hybridized carbons (Fsp3) is 0.333. The number of nitrogen functional groups attached to an aromatic ring is 1. The zero-order valence-corrected chi connectivity index (χ0v) is 11.5. The number of hydrogen-bond donors (Lipinski definition) is 3. The molecule has 1 rings (SSSR count). The number of halogens is 1. The number of carbonyl (C=O) groups is 2. The third-order valence-electron chi connectivity index (χ3n) is 2.37. The predicted molar refractivity (Wildman–Crippen MR) is 73.9 cm³/mol. The van der Waals surface area contributed by atoms with E-state index in [4.69, 9.17) is 11.5 Å². The first-order valence-electron chi connectivity index (χ1n) is 5.62. The van der Waals surface area contributed by atoms with Gasteiger partial charge in [-0.25, -0.2) is 0 Å². The zero-order chi connectivity index (χ0) is 13.5. The summed E-state index contributed by atoms with van der Waals surface area (Å²) in [4.78, 5) is 22.3. The van der Waals surface area contributed by atoms with Gasteiger partial charge in [0.2, 0.25) is 5.91 Å². The van der Waals surface area contributed by atoms with E-state index >= 15 is 0 Å². The highest BCUT2D eigenvalue weighted by Crippen LogP contribution is 2.19. The van der Waals surface area contributed by atoms with Gasteiger partial charge in [0.25, 0.3) is 5.91 Å². The van der Waals surface area contributed by atoms with Gasteiger partial charge >= 0.3 is 0 Å². The second-order valence-electron chi connectivity index (χ2n) is 3.92. The minimum absolute atomic E-state index is 0.187. The molecule has 0 spiro atoms. The quantitative estimate of drug-likeness (QED) is 0.547. The highest BCUT2D eigenvalue weighted by molar-refractivity contribution is 9.10. The molecule has 0 aliphatic heterocycles. The number of nitrogens with one attached hydrogen (secondary N) is 1. The van der Waals surface area contributed by atoms with Crippen molar-refractivity contribution in [2.75, 3.05) is 12.3 Å². The second kappa shape index (κ2) is 7.00. The molecule has 2 amide bonds. The molecule has 0 aromatic heterocycles. The monoisotopic (exact) mass is 313 g/mol. The maximum atomic E-state index is 11.8. The van der Waals surface area contributed by atoms with Gasteiger partial charge in [0, 0.05) is 23.1 Å². The Kier molecular flexibility index (Phi) is 5.64. The van der Waals surface area contributed by atoms with E-state index in [-0.39, 0.29) is 11.8 Å². The van der Waals surface area contributed by atoms with Gasteiger partial charge in [-0.1, -0.05) is 0 Å². The molecule has 1 aromatic rings. The third kappa shape index (κ3) is 4.75. The largest absolute Gasteiger partial charge is 0.399 e. The molecule has 0 fully saturated rings. The molecule has 18 heavy (non-hydrogen) atoms. The van der Waals surface area contributed by atoms with E-state index in [2.05, 4.69) is 21.2 Å². The van der Waals surface area contributed by atoms with Crippen LogP contribution in [0, 0.1) is 0 Å². The van der Waals surface area contributed by atoms with Crippen LogP contribution in [0.3, 0.4) is 0 Å². The van der Waals surface area contributed by atoms with Gasteiger partial charge in [-0.3, -0.25) is 9.59 Å². The van der Waals surface area contributed by atoms with Crippen molar-refractivity contribution >= 4 is 33.4 Å². The summed E-state index contributed by atoms with van der Waals surface area (Å²) < 4.78 is 0.700. The van der Waals surface area contributed by atoms with E-state index in [1.165, 1.54) is 0 Å².